The Hall–Kier alpha value is -2.05. The lowest BCUT2D eigenvalue weighted by Gasteiger charge is -2.15. The maximum absolute atomic E-state index is 12.5. The minimum absolute atomic E-state index is 0.216. The van der Waals surface area contributed by atoms with Crippen molar-refractivity contribution in [2.24, 2.45) is 0 Å². The fourth-order valence-electron chi connectivity index (χ4n) is 3.42. The second-order valence-electron chi connectivity index (χ2n) is 6.69. The summed E-state index contributed by atoms with van der Waals surface area (Å²) in [5.41, 5.74) is 1.85. The lowest BCUT2D eigenvalue weighted by molar-refractivity contribution is 0.335. The Balaban J connectivity index is 1.67. The summed E-state index contributed by atoms with van der Waals surface area (Å²) in [6.07, 6.45) is 2.34. The number of likely N-dealkylation sites (tertiary alicyclic amines) is 1. The Morgan fingerprint density at radius 2 is 1.81 bits per heavy atom. The van der Waals surface area contributed by atoms with E-state index in [1.807, 2.05) is 24.3 Å². The van der Waals surface area contributed by atoms with Crippen molar-refractivity contribution >= 4 is 15.7 Å². The first kappa shape index (κ1) is 18.7. The van der Waals surface area contributed by atoms with Crippen LogP contribution in [-0.2, 0) is 10.0 Å². The standard InChI is InChI=1S/C20H26N2O3S/c1-3-13-22-14-12-17(15-22)16-4-6-18(7-5-16)21-26(23,24)20-10-8-19(25-2)9-11-20/h4-11,17,21H,3,12-15H2,1-2H3. The summed E-state index contributed by atoms with van der Waals surface area (Å²) < 4.78 is 32.7. The Morgan fingerprint density at radius 3 is 2.42 bits per heavy atom. The third kappa shape index (κ3) is 4.37. The molecule has 1 N–H and O–H groups in total. The van der Waals surface area contributed by atoms with Gasteiger partial charge in [0.1, 0.15) is 5.75 Å². The fourth-order valence-corrected chi connectivity index (χ4v) is 4.47. The number of hydrogen-bond donors (Lipinski definition) is 1. The lowest BCUT2D eigenvalue weighted by Crippen LogP contribution is -2.20. The third-order valence-corrected chi connectivity index (χ3v) is 6.21. The number of ether oxygens (including phenoxy) is 1. The van der Waals surface area contributed by atoms with Crippen molar-refractivity contribution < 1.29 is 13.2 Å². The molecule has 1 fully saturated rings. The van der Waals surface area contributed by atoms with E-state index in [9.17, 15) is 8.42 Å². The van der Waals surface area contributed by atoms with Crippen LogP contribution in [0.1, 0.15) is 31.2 Å². The molecule has 1 saturated heterocycles. The molecular weight excluding hydrogens is 348 g/mol. The van der Waals surface area contributed by atoms with Crippen molar-refractivity contribution in [2.45, 2.75) is 30.6 Å². The van der Waals surface area contributed by atoms with Crippen LogP contribution in [0, 0.1) is 0 Å². The molecule has 2 aromatic rings. The predicted molar refractivity (Wildman–Crippen MR) is 104 cm³/mol. The molecule has 26 heavy (non-hydrogen) atoms. The van der Waals surface area contributed by atoms with Crippen LogP contribution in [0.2, 0.25) is 0 Å². The molecule has 0 spiro atoms. The SMILES string of the molecule is CCCN1CCC(c2ccc(NS(=O)(=O)c3ccc(OC)cc3)cc2)C1. The van der Waals surface area contributed by atoms with Crippen LogP contribution in [0.3, 0.4) is 0 Å². The molecule has 0 amide bonds. The van der Waals surface area contributed by atoms with Crippen molar-refractivity contribution in [3.05, 3.63) is 54.1 Å². The predicted octanol–water partition coefficient (Wildman–Crippen LogP) is 3.70. The van der Waals surface area contributed by atoms with Gasteiger partial charge in [0.15, 0.2) is 0 Å². The topological polar surface area (TPSA) is 58.6 Å². The molecule has 1 aliphatic heterocycles. The van der Waals surface area contributed by atoms with E-state index in [-0.39, 0.29) is 4.90 Å². The molecule has 1 atom stereocenters. The van der Waals surface area contributed by atoms with Gasteiger partial charge in [-0.3, -0.25) is 4.72 Å². The molecule has 0 aliphatic carbocycles. The van der Waals surface area contributed by atoms with Crippen LogP contribution in [-0.4, -0.2) is 40.1 Å². The number of nitrogens with one attached hydrogen (secondary N) is 1. The monoisotopic (exact) mass is 374 g/mol. The molecule has 2 aromatic carbocycles. The van der Waals surface area contributed by atoms with Crippen molar-refractivity contribution in [2.75, 3.05) is 31.5 Å². The second-order valence-corrected chi connectivity index (χ2v) is 8.37. The molecule has 3 rings (SSSR count). The summed E-state index contributed by atoms with van der Waals surface area (Å²) >= 11 is 0. The van der Waals surface area contributed by atoms with Gasteiger partial charge in [0.2, 0.25) is 0 Å². The van der Waals surface area contributed by atoms with E-state index in [1.165, 1.54) is 24.1 Å². The zero-order valence-electron chi connectivity index (χ0n) is 15.3. The van der Waals surface area contributed by atoms with Crippen LogP contribution in [0.25, 0.3) is 0 Å². The lowest BCUT2D eigenvalue weighted by atomic mass is 9.98. The number of anilines is 1. The van der Waals surface area contributed by atoms with Crippen molar-refractivity contribution in [1.29, 1.82) is 0 Å². The van der Waals surface area contributed by atoms with Gasteiger partial charge in [0.05, 0.1) is 12.0 Å². The fraction of sp³-hybridized carbons (Fsp3) is 0.400. The van der Waals surface area contributed by atoms with E-state index in [0.29, 0.717) is 17.4 Å². The van der Waals surface area contributed by atoms with E-state index in [1.54, 1.807) is 19.2 Å². The first-order valence-corrected chi connectivity index (χ1v) is 10.5. The molecule has 1 heterocycles. The summed E-state index contributed by atoms with van der Waals surface area (Å²) in [4.78, 5) is 2.71. The highest BCUT2D eigenvalue weighted by molar-refractivity contribution is 7.92. The van der Waals surface area contributed by atoms with Crippen LogP contribution in [0.15, 0.2) is 53.4 Å². The zero-order chi connectivity index (χ0) is 18.6. The summed E-state index contributed by atoms with van der Waals surface area (Å²) in [5, 5.41) is 0. The molecular formula is C20H26N2O3S. The second kappa shape index (κ2) is 8.10. The zero-order valence-corrected chi connectivity index (χ0v) is 16.1. The van der Waals surface area contributed by atoms with E-state index in [0.717, 1.165) is 26.1 Å². The van der Waals surface area contributed by atoms with Crippen molar-refractivity contribution in [1.82, 2.24) is 4.90 Å². The molecule has 1 aliphatic rings. The van der Waals surface area contributed by atoms with E-state index in [4.69, 9.17) is 4.74 Å². The summed E-state index contributed by atoms with van der Waals surface area (Å²) in [5.74, 6) is 1.16. The number of nitrogens with zero attached hydrogens (tertiary/aromatic N) is 1. The van der Waals surface area contributed by atoms with Gasteiger partial charge >= 0.3 is 0 Å². The van der Waals surface area contributed by atoms with E-state index in [2.05, 4.69) is 16.5 Å². The largest absolute Gasteiger partial charge is 0.497 e. The number of sulfonamides is 1. The number of benzene rings is 2. The van der Waals surface area contributed by atoms with Crippen LogP contribution < -0.4 is 9.46 Å². The minimum atomic E-state index is -3.60. The van der Waals surface area contributed by atoms with Gasteiger partial charge in [-0.25, -0.2) is 8.42 Å². The maximum Gasteiger partial charge on any atom is 0.261 e. The van der Waals surface area contributed by atoms with Gasteiger partial charge in [-0.2, -0.15) is 0 Å². The van der Waals surface area contributed by atoms with Gasteiger partial charge < -0.3 is 9.64 Å². The van der Waals surface area contributed by atoms with Gasteiger partial charge in [0.25, 0.3) is 10.0 Å². The highest BCUT2D eigenvalue weighted by Crippen LogP contribution is 2.28. The number of rotatable bonds is 7. The van der Waals surface area contributed by atoms with E-state index >= 15 is 0 Å². The average molecular weight is 375 g/mol. The average Bonchev–Trinajstić information content (AvgIpc) is 3.11. The number of methoxy groups -OCH3 is 1. The Morgan fingerprint density at radius 1 is 1.12 bits per heavy atom. The van der Waals surface area contributed by atoms with Gasteiger partial charge in [-0.05, 0) is 73.8 Å². The summed E-state index contributed by atoms with van der Waals surface area (Å²) in [6, 6.07) is 14.1. The van der Waals surface area contributed by atoms with Gasteiger partial charge in [-0.1, -0.05) is 19.1 Å². The quantitative estimate of drug-likeness (QED) is 0.803. The first-order valence-electron chi connectivity index (χ1n) is 9.01. The van der Waals surface area contributed by atoms with E-state index < -0.39 is 10.0 Å². The molecule has 5 nitrogen and oxygen atoms in total. The summed E-state index contributed by atoms with van der Waals surface area (Å²) in [7, 11) is -2.05. The Bertz CT molecular complexity index is 817. The molecule has 0 aromatic heterocycles. The van der Waals surface area contributed by atoms with Gasteiger partial charge in [0, 0.05) is 12.2 Å². The van der Waals surface area contributed by atoms with Crippen molar-refractivity contribution in [3.8, 4) is 5.75 Å². The Kier molecular flexibility index (Phi) is 5.84. The molecule has 0 bridgehead atoms. The molecule has 0 radical (unpaired) electrons. The smallest absolute Gasteiger partial charge is 0.261 e. The van der Waals surface area contributed by atoms with Crippen LogP contribution in [0.5, 0.6) is 5.75 Å². The first-order chi connectivity index (χ1) is 12.5. The van der Waals surface area contributed by atoms with Crippen LogP contribution in [0.4, 0.5) is 5.69 Å². The third-order valence-electron chi connectivity index (χ3n) is 4.82. The Labute approximate surface area is 156 Å². The maximum atomic E-state index is 12.5. The molecule has 6 heteroatoms. The number of hydrogen-bond acceptors (Lipinski definition) is 4. The molecule has 0 saturated carbocycles. The highest BCUT2D eigenvalue weighted by atomic mass is 32.2. The minimum Gasteiger partial charge on any atom is -0.497 e. The summed E-state index contributed by atoms with van der Waals surface area (Å²) in [6.45, 7) is 5.59. The van der Waals surface area contributed by atoms with Gasteiger partial charge in [-0.15, -0.1) is 0 Å². The van der Waals surface area contributed by atoms with Crippen molar-refractivity contribution in [3.63, 3.8) is 0 Å². The van der Waals surface area contributed by atoms with Crippen LogP contribution >= 0.6 is 0 Å². The normalized spacial score (nSPS) is 18.0. The molecule has 140 valence electrons. The highest BCUT2D eigenvalue weighted by Gasteiger charge is 2.23. The molecule has 1 unspecified atom stereocenters.